The molecular weight excluding hydrogens is 645 g/mol. The molecule has 0 N–H and O–H groups in total. The zero-order chi connectivity index (χ0) is 35.3. The molecule has 252 valence electrons. The van der Waals surface area contributed by atoms with Crippen LogP contribution < -0.4 is 4.74 Å². The SMILES string of the molecule is CC1(C)c2cc(-c3c4ccccc4c(-c4ccc(-c5cccc6ccccc56)cc4)c4ccccc34)ccc2Oc2c1ccc1c3c(oc21)C=CCC3. The van der Waals surface area contributed by atoms with Gasteiger partial charge in [-0.25, -0.2) is 0 Å². The second-order valence-corrected chi connectivity index (χ2v) is 15.1. The van der Waals surface area contributed by atoms with Gasteiger partial charge in [0.15, 0.2) is 11.3 Å². The summed E-state index contributed by atoms with van der Waals surface area (Å²) in [6.07, 6.45) is 6.35. The summed E-state index contributed by atoms with van der Waals surface area (Å²) in [5.41, 5.74) is 11.6. The van der Waals surface area contributed by atoms with Crippen molar-refractivity contribution in [3.63, 3.8) is 0 Å². The smallest absolute Gasteiger partial charge is 0.177 e. The third kappa shape index (κ3) is 4.45. The predicted octanol–water partition coefficient (Wildman–Crippen LogP) is 14.3. The van der Waals surface area contributed by atoms with Crippen molar-refractivity contribution in [2.24, 2.45) is 0 Å². The highest BCUT2D eigenvalue weighted by molar-refractivity contribution is 6.21. The zero-order valence-electron chi connectivity index (χ0n) is 29.7. The van der Waals surface area contributed by atoms with E-state index in [1.807, 2.05) is 0 Å². The van der Waals surface area contributed by atoms with Gasteiger partial charge in [0.2, 0.25) is 0 Å². The van der Waals surface area contributed by atoms with Crippen LogP contribution in [-0.4, -0.2) is 0 Å². The van der Waals surface area contributed by atoms with Crippen molar-refractivity contribution in [1.82, 2.24) is 0 Å². The van der Waals surface area contributed by atoms with Gasteiger partial charge in [-0.2, -0.15) is 0 Å². The Kier molecular flexibility index (Phi) is 6.46. The maximum atomic E-state index is 6.79. The van der Waals surface area contributed by atoms with Gasteiger partial charge >= 0.3 is 0 Å². The van der Waals surface area contributed by atoms with E-state index in [0.29, 0.717) is 0 Å². The Morgan fingerprint density at radius 1 is 0.528 bits per heavy atom. The molecule has 0 unspecified atom stereocenters. The summed E-state index contributed by atoms with van der Waals surface area (Å²) in [5.74, 6) is 2.70. The number of rotatable bonds is 3. The highest BCUT2D eigenvalue weighted by Gasteiger charge is 2.37. The summed E-state index contributed by atoms with van der Waals surface area (Å²) in [7, 11) is 0. The van der Waals surface area contributed by atoms with E-state index in [9.17, 15) is 0 Å². The first kappa shape index (κ1) is 30.3. The molecule has 11 rings (SSSR count). The van der Waals surface area contributed by atoms with Crippen LogP contribution >= 0.6 is 0 Å². The summed E-state index contributed by atoms with van der Waals surface area (Å²) < 4.78 is 13.3. The van der Waals surface area contributed by atoms with Gasteiger partial charge < -0.3 is 9.15 Å². The number of ether oxygens (including phenoxy) is 1. The van der Waals surface area contributed by atoms with E-state index in [0.717, 1.165) is 41.2 Å². The molecule has 0 bridgehead atoms. The van der Waals surface area contributed by atoms with Crippen LogP contribution in [0, 0.1) is 0 Å². The van der Waals surface area contributed by atoms with Gasteiger partial charge in [-0.1, -0.05) is 153 Å². The van der Waals surface area contributed by atoms with Gasteiger partial charge in [0.1, 0.15) is 11.5 Å². The van der Waals surface area contributed by atoms with Gasteiger partial charge in [0, 0.05) is 27.5 Å². The minimum Gasteiger partial charge on any atom is -0.453 e. The van der Waals surface area contributed by atoms with Crippen molar-refractivity contribution in [2.75, 3.05) is 0 Å². The number of fused-ring (bicyclic) bond motifs is 9. The molecule has 1 aromatic heterocycles. The van der Waals surface area contributed by atoms with E-state index in [1.54, 1.807) is 0 Å². The Bertz CT molecular complexity index is 2930. The number of furan rings is 1. The van der Waals surface area contributed by atoms with Gasteiger partial charge in [-0.05, 0) is 96.7 Å². The van der Waals surface area contributed by atoms with Crippen LogP contribution in [0.2, 0.25) is 0 Å². The summed E-state index contributed by atoms with van der Waals surface area (Å²) in [6, 6.07) is 53.4. The van der Waals surface area contributed by atoms with Crippen molar-refractivity contribution in [3.8, 4) is 44.9 Å². The molecular formula is C51H36O2. The summed E-state index contributed by atoms with van der Waals surface area (Å²) in [5, 5.41) is 8.67. The van der Waals surface area contributed by atoms with Crippen LogP contribution in [0.1, 0.15) is 42.7 Å². The third-order valence-electron chi connectivity index (χ3n) is 11.8. The van der Waals surface area contributed by atoms with E-state index in [1.165, 1.54) is 82.2 Å². The maximum absolute atomic E-state index is 6.79. The number of benzene rings is 8. The average Bonchev–Trinajstić information content (AvgIpc) is 3.59. The standard InChI is InChI=1S/C51H36O2/c1-51(2)43-28-27-42-37-15-9-10-21-45(37)52-49(42)50(43)53-46-29-26-34(30-44(46)51)48-40-18-7-5-16-38(40)47(39-17-6-8-19-41(39)48)33-24-22-32(23-25-33)36-20-11-13-31-12-3-4-14-35(31)36/h3-8,10-14,16-30H,9,15H2,1-2H3. The number of hydrogen-bond acceptors (Lipinski definition) is 2. The Hall–Kier alpha value is -6.38. The molecule has 2 nitrogen and oxygen atoms in total. The molecule has 53 heavy (non-hydrogen) atoms. The lowest BCUT2D eigenvalue weighted by Gasteiger charge is -2.35. The van der Waals surface area contributed by atoms with Gasteiger partial charge in [-0.15, -0.1) is 0 Å². The quantitative estimate of drug-likeness (QED) is 0.173. The Morgan fingerprint density at radius 2 is 1.15 bits per heavy atom. The van der Waals surface area contributed by atoms with Crippen LogP contribution in [0.3, 0.4) is 0 Å². The van der Waals surface area contributed by atoms with Crippen molar-refractivity contribution in [3.05, 3.63) is 174 Å². The molecule has 9 aromatic rings. The molecule has 0 saturated carbocycles. The molecule has 0 amide bonds. The third-order valence-corrected chi connectivity index (χ3v) is 11.8. The lowest BCUT2D eigenvalue weighted by atomic mass is 9.74. The lowest BCUT2D eigenvalue weighted by Crippen LogP contribution is -2.24. The van der Waals surface area contributed by atoms with Crippen LogP contribution in [0.5, 0.6) is 11.5 Å². The minimum absolute atomic E-state index is 0.298. The highest BCUT2D eigenvalue weighted by Crippen LogP contribution is 2.53. The first-order chi connectivity index (χ1) is 26.0. The van der Waals surface area contributed by atoms with Crippen molar-refractivity contribution >= 4 is 49.4 Å². The average molecular weight is 681 g/mol. The summed E-state index contributed by atoms with van der Waals surface area (Å²) >= 11 is 0. The molecule has 0 saturated heterocycles. The zero-order valence-corrected chi connectivity index (χ0v) is 29.7. The first-order valence-corrected chi connectivity index (χ1v) is 18.6. The Balaban J connectivity index is 1.06. The first-order valence-electron chi connectivity index (χ1n) is 18.6. The second-order valence-electron chi connectivity index (χ2n) is 15.1. The van der Waals surface area contributed by atoms with Crippen LogP contribution in [0.4, 0.5) is 0 Å². The molecule has 0 atom stereocenters. The fraction of sp³-hybridized carbons (Fsp3) is 0.0980. The van der Waals surface area contributed by atoms with Gasteiger partial charge in [0.05, 0.1) is 0 Å². The summed E-state index contributed by atoms with van der Waals surface area (Å²) in [4.78, 5) is 0. The predicted molar refractivity (Wildman–Crippen MR) is 221 cm³/mol. The van der Waals surface area contributed by atoms with E-state index in [-0.39, 0.29) is 5.41 Å². The fourth-order valence-electron chi connectivity index (χ4n) is 9.17. The molecule has 2 aliphatic rings. The number of allylic oxidation sites excluding steroid dienone is 1. The minimum atomic E-state index is -0.298. The van der Waals surface area contributed by atoms with Crippen molar-refractivity contribution in [1.29, 1.82) is 0 Å². The molecule has 2 heteroatoms. The number of hydrogen-bond donors (Lipinski definition) is 0. The van der Waals surface area contributed by atoms with Gasteiger partial charge in [0.25, 0.3) is 0 Å². The second kappa shape index (κ2) is 11.3. The highest BCUT2D eigenvalue weighted by atomic mass is 16.5. The molecule has 8 aromatic carbocycles. The van der Waals surface area contributed by atoms with Gasteiger partial charge in [-0.3, -0.25) is 0 Å². The molecule has 1 aliphatic heterocycles. The van der Waals surface area contributed by atoms with Crippen molar-refractivity contribution in [2.45, 2.75) is 32.1 Å². The van der Waals surface area contributed by atoms with E-state index < -0.39 is 0 Å². The summed E-state index contributed by atoms with van der Waals surface area (Å²) in [6.45, 7) is 4.62. The van der Waals surface area contributed by atoms with Crippen LogP contribution in [-0.2, 0) is 11.8 Å². The van der Waals surface area contributed by atoms with E-state index in [4.69, 9.17) is 9.15 Å². The molecule has 0 radical (unpaired) electrons. The molecule has 2 heterocycles. The van der Waals surface area contributed by atoms with Crippen molar-refractivity contribution < 1.29 is 9.15 Å². The van der Waals surface area contributed by atoms with Crippen LogP contribution in [0.25, 0.3) is 82.7 Å². The molecule has 0 spiro atoms. The Morgan fingerprint density at radius 3 is 1.89 bits per heavy atom. The Labute approximate surface area is 308 Å². The number of aryl methyl sites for hydroxylation is 1. The monoisotopic (exact) mass is 680 g/mol. The molecule has 1 aliphatic carbocycles. The lowest BCUT2D eigenvalue weighted by molar-refractivity contribution is 0.413. The van der Waals surface area contributed by atoms with Crippen LogP contribution in [0.15, 0.2) is 156 Å². The maximum Gasteiger partial charge on any atom is 0.177 e. The largest absolute Gasteiger partial charge is 0.453 e. The van der Waals surface area contributed by atoms with E-state index in [2.05, 4.69) is 172 Å². The topological polar surface area (TPSA) is 22.4 Å². The fourth-order valence-corrected chi connectivity index (χ4v) is 9.17. The molecule has 0 fully saturated rings. The normalized spacial score (nSPS) is 14.3. The van der Waals surface area contributed by atoms with E-state index >= 15 is 0 Å².